The Labute approximate surface area is 147 Å². The van der Waals surface area contributed by atoms with Crippen molar-refractivity contribution in [3.63, 3.8) is 0 Å². The van der Waals surface area contributed by atoms with Crippen LogP contribution >= 0.6 is 24.0 Å². The maximum atomic E-state index is 4.37. The summed E-state index contributed by atoms with van der Waals surface area (Å²) in [5, 5.41) is 7.38. The molecule has 0 amide bonds. The van der Waals surface area contributed by atoms with E-state index in [4.69, 9.17) is 0 Å². The van der Waals surface area contributed by atoms with Gasteiger partial charge in [0.25, 0.3) is 0 Å². The first-order valence-electron chi connectivity index (χ1n) is 6.77. The number of aromatic nitrogens is 4. The van der Waals surface area contributed by atoms with Crippen LogP contribution in [0.5, 0.6) is 0 Å². The van der Waals surface area contributed by atoms with Gasteiger partial charge in [-0.1, -0.05) is 6.07 Å². The lowest BCUT2D eigenvalue weighted by Gasteiger charge is -2.21. The summed E-state index contributed by atoms with van der Waals surface area (Å²) >= 11 is 0. The fourth-order valence-corrected chi connectivity index (χ4v) is 2.00. The molecule has 0 aliphatic heterocycles. The fourth-order valence-electron chi connectivity index (χ4n) is 2.00. The van der Waals surface area contributed by atoms with Crippen LogP contribution in [0.4, 0.5) is 0 Å². The zero-order chi connectivity index (χ0) is 15.2. The molecule has 2 aromatic heterocycles. The third kappa shape index (κ3) is 4.65. The molecule has 22 heavy (non-hydrogen) atoms. The number of nitrogens with zero attached hydrogens (tertiary/aromatic N) is 6. The Kier molecular flexibility index (Phi) is 7.22. The Morgan fingerprint density at radius 2 is 2.18 bits per heavy atom. The highest BCUT2D eigenvalue weighted by molar-refractivity contribution is 14.0. The van der Waals surface area contributed by atoms with Crippen molar-refractivity contribution in [3.8, 4) is 0 Å². The van der Waals surface area contributed by atoms with Gasteiger partial charge in [0.1, 0.15) is 12.2 Å². The Morgan fingerprint density at radius 1 is 1.41 bits per heavy atom. The van der Waals surface area contributed by atoms with Crippen LogP contribution in [-0.2, 0) is 20.1 Å². The summed E-state index contributed by atoms with van der Waals surface area (Å²) in [6, 6.07) is 3.99. The number of hydrogen-bond acceptors (Lipinski definition) is 4. The monoisotopic (exact) mass is 415 g/mol. The van der Waals surface area contributed by atoms with Crippen LogP contribution in [-0.4, -0.2) is 44.7 Å². The van der Waals surface area contributed by atoms with E-state index in [-0.39, 0.29) is 24.0 Å². The molecule has 0 atom stereocenters. The van der Waals surface area contributed by atoms with Crippen molar-refractivity contribution in [1.29, 1.82) is 0 Å². The van der Waals surface area contributed by atoms with Gasteiger partial charge in [-0.25, -0.2) is 4.98 Å². The topological polar surface area (TPSA) is 71.2 Å². The molecule has 0 aliphatic carbocycles. The summed E-state index contributed by atoms with van der Waals surface area (Å²) in [5.41, 5.74) is 2.18. The second kappa shape index (κ2) is 8.66. The SMILES string of the molecule is CN=C(NCc1ncccc1C)N(C)Cc1ncnn1C.I. The molecule has 7 nitrogen and oxygen atoms in total. The molecule has 0 bridgehead atoms. The van der Waals surface area contributed by atoms with Gasteiger partial charge in [0, 0.05) is 27.3 Å². The van der Waals surface area contributed by atoms with Crippen LogP contribution in [0, 0.1) is 6.92 Å². The van der Waals surface area contributed by atoms with Crippen LogP contribution in [0.2, 0.25) is 0 Å². The maximum Gasteiger partial charge on any atom is 0.194 e. The molecule has 2 rings (SSSR count). The zero-order valence-electron chi connectivity index (χ0n) is 13.3. The molecule has 0 saturated carbocycles. The summed E-state index contributed by atoms with van der Waals surface area (Å²) in [5.74, 6) is 1.68. The molecule has 0 radical (unpaired) electrons. The Morgan fingerprint density at radius 3 is 2.77 bits per heavy atom. The normalized spacial score (nSPS) is 11.0. The molecule has 2 heterocycles. The second-order valence-electron chi connectivity index (χ2n) is 4.82. The van der Waals surface area contributed by atoms with Gasteiger partial charge < -0.3 is 10.2 Å². The van der Waals surface area contributed by atoms with E-state index < -0.39 is 0 Å². The van der Waals surface area contributed by atoms with Gasteiger partial charge in [0.05, 0.1) is 18.8 Å². The number of pyridine rings is 1. The molecule has 8 heteroatoms. The molecule has 0 fully saturated rings. The standard InChI is InChI=1S/C14H21N7.HI/c1-11-6-5-7-16-12(11)8-17-14(15-2)20(3)9-13-18-10-19-21(13)4;/h5-7,10H,8-9H2,1-4H3,(H,15,17);1H. The van der Waals surface area contributed by atoms with E-state index in [9.17, 15) is 0 Å². The Hall–Kier alpha value is -1.71. The maximum absolute atomic E-state index is 4.37. The summed E-state index contributed by atoms with van der Waals surface area (Å²) < 4.78 is 1.76. The van der Waals surface area contributed by atoms with E-state index in [0.29, 0.717) is 13.1 Å². The van der Waals surface area contributed by atoms with E-state index in [1.807, 2.05) is 25.1 Å². The van der Waals surface area contributed by atoms with Gasteiger partial charge in [-0.3, -0.25) is 14.7 Å². The number of guanidine groups is 1. The number of aryl methyl sites for hydroxylation is 2. The quantitative estimate of drug-likeness (QED) is 0.464. The first kappa shape index (κ1) is 18.3. The number of rotatable bonds is 4. The third-order valence-electron chi connectivity index (χ3n) is 3.29. The van der Waals surface area contributed by atoms with Crippen LogP contribution in [0.3, 0.4) is 0 Å². The Bertz CT molecular complexity index is 623. The first-order chi connectivity index (χ1) is 10.1. The molecule has 0 unspecified atom stereocenters. The van der Waals surface area contributed by atoms with E-state index in [2.05, 4.69) is 38.4 Å². The molecule has 0 saturated heterocycles. The fraction of sp³-hybridized carbons (Fsp3) is 0.429. The number of halogens is 1. The summed E-state index contributed by atoms with van der Waals surface area (Å²) in [6.45, 7) is 3.33. The van der Waals surface area contributed by atoms with Gasteiger partial charge in [-0.05, 0) is 18.6 Å². The van der Waals surface area contributed by atoms with E-state index in [0.717, 1.165) is 23.0 Å². The van der Waals surface area contributed by atoms with Crippen molar-refractivity contribution < 1.29 is 0 Å². The van der Waals surface area contributed by atoms with Gasteiger partial charge in [-0.2, -0.15) is 5.10 Å². The minimum atomic E-state index is 0. The summed E-state index contributed by atoms with van der Waals surface area (Å²) in [4.78, 5) is 14.9. The predicted octanol–water partition coefficient (Wildman–Crippen LogP) is 1.34. The molecule has 0 spiro atoms. The second-order valence-corrected chi connectivity index (χ2v) is 4.82. The molecule has 0 aliphatic rings. The number of hydrogen-bond donors (Lipinski definition) is 1. The zero-order valence-corrected chi connectivity index (χ0v) is 15.6. The molecular formula is C14H22IN7. The highest BCUT2D eigenvalue weighted by Gasteiger charge is 2.10. The lowest BCUT2D eigenvalue weighted by molar-refractivity contribution is 0.448. The van der Waals surface area contributed by atoms with E-state index >= 15 is 0 Å². The van der Waals surface area contributed by atoms with Crippen LogP contribution in [0.25, 0.3) is 0 Å². The van der Waals surface area contributed by atoms with Crippen molar-refractivity contribution in [2.75, 3.05) is 14.1 Å². The molecule has 1 N–H and O–H groups in total. The molecule has 2 aromatic rings. The van der Waals surface area contributed by atoms with Gasteiger partial charge in [0.15, 0.2) is 5.96 Å². The lowest BCUT2D eigenvalue weighted by Crippen LogP contribution is -2.38. The highest BCUT2D eigenvalue weighted by Crippen LogP contribution is 2.03. The van der Waals surface area contributed by atoms with Crippen molar-refractivity contribution in [3.05, 3.63) is 41.7 Å². The first-order valence-corrected chi connectivity index (χ1v) is 6.77. The van der Waals surface area contributed by atoms with E-state index in [1.54, 1.807) is 24.3 Å². The lowest BCUT2D eigenvalue weighted by atomic mass is 10.2. The van der Waals surface area contributed by atoms with Crippen LogP contribution in [0.1, 0.15) is 17.1 Å². The average Bonchev–Trinajstić information content (AvgIpc) is 2.87. The minimum Gasteiger partial charge on any atom is -0.351 e. The van der Waals surface area contributed by atoms with Crippen molar-refractivity contribution in [2.45, 2.75) is 20.0 Å². The van der Waals surface area contributed by atoms with Gasteiger partial charge >= 0.3 is 0 Å². The Balaban J connectivity index is 0.00000242. The summed E-state index contributed by atoms with van der Waals surface area (Å²) in [7, 11) is 5.61. The molecule has 0 aromatic carbocycles. The summed E-state index contributed by atoms with van der Waals surface area (Å²) in [6.07, 6.45) is 3.35. The number of aliphatic imine (C=N–C) groups is 1. The number of nitrogens with one attached hydrogen (secondary N) is 1. The van der Waals surface area contributed by atoms with Crippen molar-refractivity contribution in [2.24, 2.45) is 12.0 Å². The van der Waals surface area contributed by atoms with Crippen molar-refractivity contribution >= 4 is 29.9 Å². The molecule has 120 valence electrons. The van der Waals surface area contributed by atoms with Gasteiger partial charge in [0.2, 0.25) is 0 Å². The van der Waals surface area contributed by atoms with E-state index in [1.165, 1.54) is 0 Å². The largest absolute Gasteiger partial charge is 0.351 e. The minimum absolute atomic E-state index is 0. The van der Waals surface area contributed by atoms with Crippen LogP contribution in [0.15, 0.2) is 29.6 Å². The highest BCUT2D eigenvalue weighted by atomic mass is 127. The smallest absolute Gasteiger partial charge is 0.194 e. The van der Waals surface area contributed by atoms with Crippen LogP contribution < -0.4 is 5.32 Å². The van der Waals surface area contributed by atoms with Gasteiger partial charge in [-0.15, -0.1) is 24.0 Å². The van der Waals surface area contributed by atoms with Crippen molar-refractivity contribution in [1.82, 2.24) is 30.0 Å². The average molecular weight is 415 g/mol. The predicted molar refractivity (Wildman–Crippen MR) is 97.1 cm³/mol. The third-order valence-corrected chi connectivity index (χ3v) is 3.29. The molecular weight excluding hydrogens is 393 g/mol.